The molecular weight excluding hydrogens is 666 g/mol. The largest absolute Gasteiger partial charge is 0.457 e. The summed E-state index contributed by atoms with van der Waals surface area (Å²) in [6, 6.07) is 33.5. The lowest BCUT2D eigenvalue weighted by Gasteiger charge is -2.34. The summed E-state index contributed by atoms with van der Waals surface area (Å²) in [5.41, 5.74) is 15.9. The molecule has 0 aliphatic heterocycles. The van der Waals surface area contributed by atoms with E-state index in [9.17, 15) is 26.3 Å². The maximum Gasteiger partial charge on any atom is 0.416 e. The minimum Gasteiger partial charge on any atom is -0.457 e. The summed E-state index contributed by atoms with van der Waals surface area (Å²) in [7, 11) is 0. The average molecular weight is 697 g/mol. The second kappa shape index (κ2) is 12.2. The van der Waals surface area contributed by atoms with Crippen molar-refractivity contribution in [2.45, 2.75) is 31.6 Å². The van der Waals surface area contributed by atoms with Crippen molar-refractivity contribution < 1.29 is 35.8 Å². The summed E-state index contributed by atoms with van der Waals surface area (Å²) in [5.74, 6) is 0.622. The highest BCUT2D eigenvalue weighted by molar-refractivity contribution is 5.86. The van der Waals surface area contributed by atoms with Crippen molar-refractivity contribution in [2.24, 2.45) is 0 Å². The number of halogens is 6. The van der Waals surface area contributed by atoms with Crippen molar-refractivity contribution >= 4 is 11.4 Å². The van der Waals surface area contributed by atoms with Gasteiger partial charge in [0.25, 0.3) is 0 Å². The van der Waals surface area contributed by atoms with E-state index in [-0.39, 0.29) is 22.9 Å². The van der Waals surface area contributed by atoms with E-state index in [0.29, 0.717) is 22.6 Å². The maximum absolute atomic E-state index is 13.5. The van der Waals surface area contributed by atoms with E-state index in [1.165, 1.54) is 12.1 Å². The highest BCUT2D eigenvalue weighted by Crippen LogP contribution is 2.57. The molecule has 51 heavy (non-hydrogen) atoms. The van der Waals surface area contributed by atoms with Crippen LogP contribution in [0, 0.1) is 13.8 Å². The quantitative estimate of drug-likeness (QED) is 0.134. The molecule has 4 N–H and O–H groups in total. The third kappa shape index (κ3) is 6.00. The predicted molar refractivity (Wildman–Crippen MR) is 185 cm³/mol. The smallest absolute Gasteiger partial charge is 0.416 e. The van der Waals surface area contributed by atoms with Gasteiger partial charge in [0, 0.05) is 23.5 Å². The molecule has 0 saturated carbocycles. The lowest BCUT2D eigenvalue weighted by Crippen LogP contribution is -2.28. The van der Waals surface area contributed by atoms with Gasteiger partial charge < -0.3 is 20.9 Å². The van der Waals surface area contributed by atoms with Gasteiger partial charge in [-0.05, 0) is 94.8 Å². The summed E-state index contributed by atoms with van der Waals surface area (Å²) in [5, 5.41) is 0. The normalized spacial score (nSPS) is 13.4. The van der Waals surface area contributed by atoms with E-state index in [4.69, 9.17) is 20.9 Å². The Hall–Kier alpha value is -5.90. The predicted octanol–water partition coefficient (Wildman–Crippen LogP) is 11.5. The first-order valence-corrected chi connectivity index (χ1v) is 15.9. The highest BCUT2D eigenvalue weighted by atomic mass is 19.4. The van der Waals surface area contributed by atoms with Crippen LogP contribution in [-0.2, 0) is 17.8 Å². The zero-order chi connectivity index (χ0) is 36.3. The molecule has 1 aliphatic rings. The summed E-state index contributed by atoms with van der Waals surface area (Å²) in [6.07, 6.45) is -9.19. The van der Waals surface area contributed by atoms with Crippen molar-refractivity contribution in [1.29, 1.82) is 0 Å². The molecule has 6 aromatic rings. The summed E-state index contributed by atoms with van der Waals surface area (Å²) < 4.78 is 93.0. The van der Waals surface area contributed by atoms with Gasteiger partial charge in [-0.3, -0.25) is 0 Å². The van der Waals surface area contributed by atoms with Crippen molar-refractivity contribution in [3.8, 4) is 34.1 Å². The third-order valence-corrected chi connectivity index (χ3v) is 9.14. The number of hydrogen-bond donors (Lipinski definition) is 2. The highest BCUT2D eigenvalue weighted by Gasteiger charge is 2.46. The minimum absolute atomic E-state index is 0.0433. The molecule has 1 aliphatic carbocycles. The second-order valence-corrected chi connectivity index (χ2v) is 12.6. The van der Waals surface area contributed by atoms with Gasteiger partial charge in [-0.15, -0.1) is 0 Å². The molecule has 4 nitrogen and oxygen atoms in total. The first-order chi connectivity index (χ1) is 24.1. The van der Waals surface area contributed by atoms with E-state index < -0.39 is 28.9 Å². The van der Waals surface area contributed by atoms with Crippen molar-refractivity contribution in [1.82, 2.24) is 0 Å². The molecule has 10 heteroatoms. The number of alkyl halides is 6. The molecule has 0 saturated heterocycles. The molecule has 0 aromatic heterocycles. The van der Waals surface area contributed by atoms with Crippen LogP contribution in [0.4, 0.5) is 37.7 Å². The number of ether oxygens (including phenoxy) is 2. The van der Waals surface area contributed by atoms with Crippen LogP contribution in [0.25, 0.3) is 11.1 Å². The second-order valence-electron chi connectivity index (χ2n) is 12.6. The number of benzene rings is 6. The van der Waals surface area contributed by atoms with Crippen LogP contribution in [0.3, 0.4) is 0 Å². The summed E-state index contributed by atoms with van der Waals surface area (Å²) in [6.45, 7) is 3.64. The molecule has 0 bridgehead atoms. The molecule has 0 fully saturated rings. The Morgan fingerprint density at radius 2 is 0.882 bits per heavy atom. The maximum atomic E-state index is 13.5. The zero-order valence-corrected chi connectivity index (χ0v) is 27.3. The Morgan fingerprint density at radius 1 is 0.490 bits per heavy atom. The number of rotatable bonds is 6. The molecule has 0 atom stereocenters. The Morgan fingerprint density at radius 3 is 1.25 bits per heavy atom. The van der Waals surface area contributed by atoms with E-state index in [0.717, 1.165) is 57.6 Å². The van der Waals surface area contributed by atoms with Gasteiger partial charge in [0.05, 0.1) is 16.5 Å². The Balaban J connectivity index is 1.35. The molecule has 0 radical (unpaired) electrons. The van der Waals surface area contributed by atoms with Crippen LogP contribution in [-0.4, -0.2) is 0 Å². The fourth-order valence-electron chi connectivity index (χ4n) is 6.96. The average Bonchev–Trinajstić information content (AvgIpc) is 3.36. The zero-order valence-electron chi connectivity index (χ0n) is 27.3. The van der Waals surface area contributed by atoms with Crippen molar-refractivity contribution in [3.05, 3.63) is 166 Å². The first-order valence-electron chi connectivity index (χ1n) is 15.9. The van der Waals surface area contributed by atoms with Crippen LogP contribution >= 0.6 is 0 Å². The van der Waals surface area contributed by atoms with Gasteiger partial charge in [-0.1, -0.05) is 72.8 Å². The van der Waals surface area contributed by atoms with Crippen LogP contribution < -0.4 is 20.9 Å². The van der Waals surface area contributed by atoms with Gasteiger partial charge in [-0.2, -0.15) is 26.3 Å². The van der Waals surface area contributed by atoms with Crippen LogP contribution in [0.5, 0.6) is 23.0 Å². The van der Waals surface area contributed by atoms with E-state index in [1.807, 2.05) is 62.4 Å². The fourth-order valence-corrected chi connectivity index (χ4v) is 6.96. The molecule has 6 aromatic carbocycles. The SMILES string of the molecule is Cc1cc(C2(c3ccc(Oc4cc(N)cc(C(F)(F)F)c4)c(C)c3)c3ccccc3-c3ccccc32)ccc1Oc1cc(N)cc(C(F)(F)F)c1. The van der Waals surface area contributed by atoms with E-state index >= 15 is 0 Å². The third-order valence-electron chi connectivity index (χ3n) is 9.14. The Bertz CT molecular complexity index is 2150. The number of fused-ring (bicyclic) bond motifs is 3. The van der Waals surface area contributed by atoms with Gasteiger partial charge >= 0.3 is 12.4 Å². The van der Waals surface area contributed by atoms with Crippen LogP contribution in [0.1, 0.15) is 44.5 Å². The number of aryl methyl sites for hydroxylation is 2. The minimum atomic E-state index is -4.60. The van der Waals surface area contributed by atoms with Crippen molar-refractivity contribution in [3.63, 3.8) is 0 Å². The monoisotopic (exact) mass is 696 g/mol. The number of nitrogens with two attached hydrogens (primary N) is 2. The van der Waals surface area contributed by atoms with Crippen LogP contribution in [0.2, 0.25) is 0 Å². The Kier molecular flexibility index (Phi) is 8.00. The standard InChI is InChI=1S/C41H30F6N2O2/c1-23-15-25(11-13-37(23)50-31-19-27(40(42,43)44)17-29(48)21-31)39(35-9-5-3-7-33(35)34-8-4-6-10-36(34)39)26-12-14-38(24(2)16-26)51-32-20-28(41(45,46)47)18-30(49)22-32/h3-22H,48-49H2,1-2H3. The molecule has 0 spiro atoms. The van der Waals surface area contributed by atoms with E-state index in [2.05, 4.69) is 24.3 Å². The topological polar surface area (TPSA) is 70.5 Å². The van der Waals surface area contributed by atoms with E-state index in [1.54, 1.807) is 12.1 Å². The Labute approximate surface area is 289 Å². The van der Waals surface area contributed by atoms with Gasteiger partial charge in [0.15, 0.2) is 0 Å². The van der Waals surface area contributed by atoms with Gasteiger partial charge in [0.2, 0.25) is 0 Å². The summed E-state index contributed by atoms with van der Waals surface area (Å²) >= 11 is 0. The van der Waals surface area contributed by atoms with Crippen LogP contribution in [0.15, 0.2) is 121 Å². The molecule has 0 amide bonds. The molecule has 0 unspecified atom stereocenters. The fraction of sp³-hybridized carbons (Fsp3) is 0.122. The first kappa shape index (κ1) is 33.6. The number of nitrogen functional groups attached to an aromatic ring is 2. The number of hydrogen-bond acceptors (Lipinski definition) is 4. The van der Waals surface area contributed by atoms with Gasteiger partial charge in [0.1, 0.15) is 23.0 Å². The lowest BCUT2D eigenvalue weighted by atomic mass is 9.67. The molecule has 7 rings (SSSR count). The number of anilines is 2. The van der Waals surface area contributed by atoms with Gasteiger partial charge in [-0.25, -0.2) is 0 Å². The molecular formula is C41H30F6N2O2. The summed E-state index contributed by atoms with van der Waals surface area (Å²) in [4.78, 5) is 0. The molecule has 0 heterocycles. The molecule has 258 valence electrons. The van der Waals surface area contributed by atoms with Crippen molar-refractivity contribution in [2.75, 3.05) is 11.5 Å². The lowest BCUT2D eigenvalue weighted by molar-refractivity contribution is -0.138.